The second-order valence-corrected chi connectivity index (χ2v) is 4.41. The Bertz CT molecular complexity index is 402. The molecule has 0 heterocycles. The average Bonchev–Trinajstić information content (AvgIpc) is 2.28. The summed E-state index contributed by atoms with van der Waals surface area (Å²) in [7, 11) is 0. The minimum absolute atomic E-state index is 0.141. The Kier molecular flexibility index (Phi) is 5.33. The van der Waals surface area contributed by atoms with Crippen LogP contribution in [0.5, 0.6) is 0 Å². The van der Waals surface area contributed by atoms with Crippen molar-refractivity contribution in [3.05, 3.63) is 39.7 Å². The Hall–Kier alpha value is -1.18. The average molecular weight is 261 g/mol. The van der Waals surface area contributed by atoms with E-state index in [4.69, 9.17) is 10.2 Å². The smallest absolute Gasteiger partial charge is 0.273 e. The largest absolute Gasteiger partial charge is 0.394 e. The second-order valence-electron chi connectivity index (χ2n) is 3.38. The van der Waals surface area contributed by atoms with E-state index in [0.717, 1.165) is 18.2 Å². The highest BCUT2D eigenvalue weighted by Crippen LogP contribution is 2.24. The van der Waals surface area contributed by atoms with Gasteiger partial charge in [-0.25, -0.2) is 4.39 Å². The van der Waals surface area contributed by atoms with Crippen LogP contribution in [0, 0.1) is 15.9 Å². The van der Waals surface area contributed by atoms with Gasteiger partial charge in [0.1, 0.15) is 5.82 Å². The number of nitro groups is 1. The minimum atomic E-state index is -0.868. The molecule has 7 heteroatoms. The number of halogens is 1. The van der Waals surface area contributed by atoms with Gasteiger partial charge in [-0.2, -0.15) is 11.8 Å². The zero-order valence-electron chi connectivity index (χ0n) is 8.88. The fraction of sp³-hybridized carbons (Fsp3) is 0.400. The van der Waals surface area contributed by atoms with Crippen LogP contribution in [0.3, 0.4) is 0 Å². The van der Waals surface area contributed by atoms with Gasteiger partial charge in [-0.3, -0.25) is 10.1 Å². The lowest BCUT2D eigenvalue weighted by atomic mass is 10.2. The third-order valence-corrected chi connectivity index (χ3v) is 3.15. The minimum Gasteiger partial charge on any atom is -0.394 e. The molecule has 1 aromatic rings. The molecular weight excluding hydrogens is 249 g/mol. The van der Waals surface area contributed by atoms with Crippen LogP contribution in [0.2, 0.25) is 0 Å². The molecule has 17 heavy (non-hydrogen) atoms. The van der Waals surface area contributed by atoms with Crippen LogP contribution < -0.4 is 0 Å². The highest BCUT2D eigenvalue weighted by Gasteiger charge is 2.14. The van der Waals surface area contributed by atoms with Crippen molar-refractivity contribution in [3.8, 4) is 0 Å². The molecule has 0 aliphatic heterocycles. The molecule has 94 valence electrons. The summed E-state index contributed by atoms with van der Waals surface area (Å²) in [5, 5.41) is 28.3. The Balaban J connectivity index is 2.68. The molecule has 1 aromatic carbocycles. The number of hydrogen-bond acceptors (Lipinski definition) is 5. The van der Waals surface area contributed by atoms with Gasteiger partial charge < -0.3 is 10.2 Å². The summed E-state index contributed by atoms with van der Waals surface area (Å²) in [6.07, 6.45) is -0.868. The number of aliphatic hydroxyl groups is 2. The first kappa shape index (κ1) is 13.9. The molecule has 0 aliphatic carbocycles. The van der Waals surface area contributed by atoms with E-state index in [1.165, 1.54) is 11.8 Å². The second kappa shape index (κ2) is 6.53. The number of thioether (sulfide) groups is 1. The summed E-state index contributed by atoms with van der Waals surface area (Å²) >= 11 is 1.20. The Morgan fingerprint density at radius 2 is 2.24 bits per heavy atom. The molecule has 0 aromatic heterocycles. The van der Waals surface area contributed by atoms with Gasteiger partial charge in [0.05, 0.1) is 17.6 Å². The maximum absolute atomic E-state index is 12.9. The molecule has 1 rings (SSSR count). The van der Waals surface area contributed by atoms with Gasteiger partial charge in [0.25, 0.3) is 5.69 Å². The van der Waals surface area contributed by atoms with Gasteiger partial charge in [-0.05, 0) is 12.1 Å². The van der Waals surface area contributed by atoms with Crippen molar-refractivity contribution in [3.63, 3.8) is 0 Å². The number of benzene rings is 1. The van der Waals surface area contributed by atoms with Crippen LogP contribution in [0.1, 0.15) is 5.56 Å². The van der Waals surface area contributed by atoms with Crippen LogP contribution in [-0.4, -0.2) is 33.6 Å². The molecular formula is C10H12FNO4S. The van der Waals surface area contributed by atoms with Crippen LogP contribution in [0.15, 0.2) is 18.2 Å². The lowest BCUT2D eigenvalue weighted by Gasteiger charge is -2.07. The molecule has 0 amide bonds. The lowest BCUT2D eigenvalue weighted by molar-refractivity contribution is -0.385. The van der Waals surface area contributed by atoms with Crippen molar-refractivity contribution >= 4 is 17.4 Å². The van der Waals surface area contributed by atoms with E-state index < -0.39 is 16.8 Å². The predicted molar refractivity (Wildman–Crippen MR) is 62.3 cm³/mol. The van der Waals surface area contributed by atoms with Crippen LogP contribution >= 0.6 is 11.8 Å². The van der Waals surface area contributed by atoms with E-state index in [2.05, 4.69) is 0 Å². The van der Waals surface area contributed by atoms with Crippen molar-refractivity contribution < 1.29 is 19.5 Å². The predicted octanol–water partition coefficient (Wildman–Crippen LogP) is 1.32. The van der Waals surface area contributed by atoms with Crippen molar-refractivity contribution in [2.24, 2.45) is 0 Å². The summed E-state index contributed by atoms with van der Waals surface area (Å²) in [5.74, 6) is -0.0797. The van der Waals surface area contributed by atoms with Crippen molar-refractivity contribution in [1.29, 1.82) is 0 Å². The fourth-order valence-corrected chi connectivity index (χ4v) is 2.15. The summed E-state index contributed by atoms with van der Waals surface area (Å²) in [6.45, 7) is -0.363. The molecule has 0 fully saturated rings. The van der Waals surface area contributed by atoms with E-state index in [1.54, 1.807) is 0 Å². The summed E-state index contributed by atoms with van der Waals surface area (Å²) < 4.78 is 12.9. The van der Waals surface area contributed by atoms with Crippen LogP contribution in [0.25, 0.3) is 0 Å². The normalized spacial score (nSPS) is 12.4. The summed E-state index contributed by atoms with van der Waals surface area (Å²) in [4.78, 5) is 10.1. The van der Waals surface area contributed by atoms with Gasteiger partial charge in [-0.1, -0.05) is 0 Å². The van der Waals surface area contributed by atoms with Gasteiger partial charge in [-0.15, -0.1) is 0 Å². The topological polar surface area (TPSA) is 83.6 Å². The van der Waals surface area contributed by atoms with Crippen molar-refractivity contribution in [1.82, 2.24) is 0 Å². The third-order valence-electron chi connectivity index (χ3n) is 2.02. The standard InChI is InChI=1S/C10H12FNO4S/c11-8-1-2-10(12(15)16)7(3-8)5-17-6-9(14)4-13/h1-3,9,13-14H,4-6H2. The maximum Gasteiger partial charge on any atom is 0.273 e. The van der Waals surface area contributed by atoms with E-state index >= 15 is 0 Å². The first-order valence-corrected chi connectivity index (χ1v) is 5.99. The summed E-state index contributed by atoms with van der Waals surface area (Å²) in [6, 6.07) is 3.26. The monoisotopic (exact) mass is 261 g/mol. The fourth-order valence-electron chi connectivity index (χ4n) is 1.21. The molecule has 0 saturated heterocycles. The van der Waals surface area contributed by atoms with Gasteiger partial charge >= 0.3 is 0 Å². The molecule has 0 saturated carbocycles. The summed E-state index contributed by atoms with van der Waals surface area (Å²) in [5.41, 5.74) is 0.127. The molecule has 1 unspecified atom stereocenters. The quantitative estimate of drug-likeness (QED) is 0.596. The number of nitrogens with zero attached hydrogens (tertiary/aromatic N) is 1. The molecule has 0 spiro atoms. The van der Waals surface area contributed by atoms with Gasteiger partial charge in [0.2, 0.25) is 0 Å². The lowest BCUT2D eigenvalue weighted by Crippen LogP contribution is -2.14. The molecule has 0 radical (unpaired) electrons. The zero-order valence-corrected chi connectivity index (χ0v) is 9.69. The third kappa shape index (κ3) is 4.29. The first-order valence-electron chi connectivity index (χ1n) is 4.84. The Morgan fingerprint density at radius 3 is 2.82 bits per heavy atom. The van der Waals surface area contributed by atoms with E-state index in [1.807, 2.05) is 0 Å². The number of hydrogen-bond donors (Lipinski definition) is 2. The Morgan fingerprint density at radius 1 is 1.53 bits per heavy atom. The molecule has 1 atom stereocenters. The highest BCUT2D eigenvalue weighted by molar-refractivity contribution is 7.98. The van der Waals surface area contributed by atoms with Gasteiger partial charge in [0, 0.05) is 23.1 Å². The highest BCUT2D eigenvalue weighted by atomic mass is 32.2. The number of aliphatic hydroxyl groups excluding tert-OH is 2. The molecule has 5 nitrogen and oxygen atoms in total. The van der Waals surface area contributed by atoms with Gasteiger partial charge in [0.15, 0.2) is 0 Å². The van der Waals surface area contributed by atoms with E-state index in [-0.39, 0.29) is 29.4 Å². The van der Waals surface area contributed by atoms with Crippen molar-refractivity contribution in [2.75, 3.05) is 12.4 Å². The molecule has 0 aliphatic rings. The number of nitro benzene ring substituents is 1. The van der Waals surface area contributed by atoms with E-state index in [0.29, 0.717) is 0 Å². The number of rotatable bonds is 6. The van der Waals surface area contributed by atoms with Crippen molar-refractivity contribution in [2.45, 2.75) is 11.9 Å². The zero-order chi connectivity index (χ0) is 12.8. The first-order chi connectivity index (χ1) is 8.04. The maximum atomic E-state index is 12.9. The molecule has 0 bridgehead atoms. The SMILES string of the molecule is O=[N+]([O-])c1ccc(F)cc1CSCC(O)CO. The van der Waals surface area contributed by atoms with Crippen LogP contribution in [0.4, 0.5) is 10.1 Å². The molecule has 2 N–H and O–H groups in total. The van der Waals surface area contributed by atoms with Crippen LogP contribution in [-0.2, 0) is 5.75 Å². The van der Waals surface area contributed by atoms with E-state index in [9.17, 15) is 14.5 Å². The Labute approximate surface area is 101 Å².